The number of carbonyl (C=O) groups is 2. The highest BCUT2D eigenvalue weighted by atomic mass is 35.5. The van der Waals surface area contributed by atoms with Crippen LogP contribution in [0.2, 0.25) is 10.0 Å². The van der Waals surface area contributed by atoms with E-state index in [2.05, 4.69) is 21.2 Å². The van der Waals surface area contributed by atoms with E-state index in [1.54, 1.807) is 7.05 Å². The number of guanidine groups is 1. The summed E-state index contributed by atoms with van der Waals surface area (Å²) in [5.41, 5.74) is 2.09. The summed E-state index contributed by atoms with van der Waals surface area (Å²) in [6.45, 7) is 4.45. The van der Waals surface area contributed by atoms with Gasteiger partial charge in [0.2, 0.25) is 0 Å². The second-order valence-electron chi connectivity index (χ2n) is 8.81. The number of piperazine rings is 1. The molecule has 10 heteroatoms. The molecule has 1 N–H and O–H groups in total. The second kappa shape index (κ2) is 9.44. The van der Waals surface area contributed by atoms with Crippen LogP contribution in [0.3, 0.4) is 0 Å². The maximum atomic E-state index is 12.9. The number of likely N-dealkylation sites (N-methyl/N-ethyl adjacent to an activating group) is 1. The molecule has 2 unspecified atom stereocenters. The van der Waals surface area contributed by atoms with Crippen molar-refractivity contribution in [3.8, 4) is 0 Å². The Balaban J connectivity index is 1.35. The first kappa shape index (κ1) is 23.0. The van der Waals surface area contributed by atoms with Gasteiger partial charge in [0.05, 0.1) is 0 Å². The van der Waals surface area contributed by atoms with Crippen molar-refractivity contribution in [3.63, 3.8) is 0 Å². The molecule has 8 nitrogen and oxygen atoms in total. The van der Waals surface area contributed by atoms with Crippen molar-refractivity contribution in [1.29, 1.82) is 0 Å². The molecule has 3 amide bonds. The van der Waals surface area contributed by atoms with Crippen molar-refractivity contribution >= 4 is 41.1 Å². The summed E-state index contributed by atoms with van der Waals surface area (Å²) >= 11 is 12.6. The van der Waals surface area contributed by atoms with Gasteiger partial charge in [-0.3, -0.25) is 15.0 Å². The van der Waals surface area contributed by atoms with E-state index in [9.17, 15) is 9.59 Å². The van der Waals surface area contributed by atoms with Gasteiger partial charge in [-0.05, 0) is 29.3 Å². The third kappa shape index (κ3) is 4.45. The number of fused-ring (bicyclic) bond motifs is 1. The van der Waals surface area contributed by atoms with Crippen LogP contribution >= 0.6 is 23.2 Å². The van der Waals surface area contributed by atoms with E-state index in [4.69, 9.17) is 28.2 Å². The molecule has 5 rings (SSSR count). The molecule has 2 aromatic rings. The van der Waals surface area contributed by atoms with Crippen LogP contribution in [0.15, 0.2) is 53.5 Å². The van der Waals surface area contributed by atoms with Crippen LogP contribution in [0.1, 0.15) is 11.1 Å². The number of carbonyl (C=O) groups excluding carboxylic acids is 2. The van der Waals surface area contributed by atoms with E-state index in [1.807, 2.05) is 47.4 Å². The maximum absolute atomic E-state index is 12.9. The van der Waals surface area contributed by atoms with E-state index in [1.165, 1.54) is 4.90 Å². The molecule has 2 fully saturated rings. The molecule has 0 radical (unpaired) electrons. The minimum absolute atomic E-state index is 0.328. The number of rotatable bonds is 4. The SMILES string of the molecule is CN1C(=O)NC(=O)C2C1N=C(N1CCN(Cc3ccccc3Cl)CC1)N2Cc1cccc(Cl)c1. The molecular formula is C24H26Cl2N6O2. The molecule has 178 valence electrons. The molecule has 3 aliphatic heterocycles. The van der Waals surface area contributed by atoms with Gasteiger partial charge in [0, 0.05) is 56.4 Å². The Morgan fingerprint density at radius 2 is 1.76 bits per heavy atom. The minimum atomic E-state index is -0.585. The molecule has 3 aliphatic rings. The van der Waals surface area contributed by atoms with Crippen LogP contribution in [0, 0.1) is 0 Å². The molecule has 0 bridgehead atoms. The van der Waals surface area contributed by atoms with Gasteiger partial charge < -0.3 is 14.7 Å². The van der Waals surface area contributed by atoms with Crippen molar-refractivity contribution < 1.29 is 9.59 Å². The lowest BCUT2D eigenvalue weighted by molar-refractivity contribution is -0.127. The van der Waals surface area contributed by atoms with Crippen molar-refractivity contribution in [1.82, 2.24) is 24.9 Å². The number of hydrogen-bond acceptors (Lipinski definition) is 6. The minimum Gasteiger partial charge on any atom is -0.340 e. The van der Waals surface area contributed by atoms with Gasteiger partial charge in [0.15, 0.2) is 18.2 Å². The average molecular weight is 501 g/mol. The molecule has 0 aliphatic carbocycles. The summed E-state index contributed by atoms with van der Waals surface area (Å²) in [4.78, 5) is 38.1. The van der Waals surface area contributed by atoms with E-state index in [0.29, 0.717) is 11.6 Å². The smallest absolute Gasteiger partial charge is 0.325 e. The van der Waals surface area contributed by atoms with E-state index >= 15 is 0 Å². The molecule has 2 aromatic carbocycles. The fraction of sp³-hybridized carbons (Fsp3) is 0.375. The highest BCUT2D eigenvalue weighted by Crippen LogP contribution is 2.28. The highest BCUT2D eigenvalue weighted by Gasteiger charge is 2.49. The Hall–Kier alpha value is -2.81. The zero-order chi connectivity index (χ0) is 23.8. The zero-order valence-corrected chi connectivity index (χ0v) is 20.3. The molecule has 0 aromatic heterocycles. The Morgan fingerprint density at radius 1 is 1.00 bits per heavy atom. The largest absolute Gasteiger partial charge is 0.340 e. The number of nitrogens with one attached hydrogen (secondary N) is 1. The number of imide groups is 1. The van der Waals surface area contributed by atoms with E-state index < -0.39 is 18.2 Å². The van der Waals surface area contributed by atoms with E-state index in [-0.39, 0.29) is 5.91 Å². The van der Waals surface area contributed by atoms with Crippen LogP contribution in [0.5, 0.6) is 0 Å². The van der Waals surface area contributed by atoms with Crippen LogP contribution in [0.4, 0.5) is 4.79 Å². The number of hydrogen-bond donors (Lipinski definition) is 1. The Morgan fingerprint density at radius 3 is 2.50 bits per heavy atom. The Kier molecular flexibility index (Phi) is 6.38. The van der Waals surface area contributed by atoms with Crippen LogP contribution in [-0.4, -0.2) is 82.9 Å². The molecule has 2 saturated heterocycles. The van der Waals surface area contributed by atoms with Crippen molar-refractivity contribution in [2.24, 2.45) is 4.99 Å². The average Bonchev–Trinajstić information content (AvgIpc) is 3.19. The molecule has 3 heterocycles. The fourth-order valence-electron chi connectivity index (χ4n) is 4.75. The summed E-state index contributed by atoms with van der Waals surface area (Å²) in [5, 5.41) is 3.88. The monoisotopic (exact) mass is 500 g/mol. The lowest BCUT2D eigenvalue weighted by Gasteiger charge is -2.40. The number of urea groups is 1. The molecule has 34 heavy (non-hydrogen) atoms. The number of aliphatic imine (C=N–C) groups is 1. The summed E-state index contributed by atoms with van der Waals surface area (Å²) in [6, 6.07) is 14.5. The standard InChI is InChI=1S/C24H26Cl2N6O2/c1-29-21-20(22(33)28-24(29)34)32(14-16-5-4-7-18(25)13-16)23(27-21)31-11-9-30(10-12-31)15-17-6-2-3-8-19(17)26/h2-8,13,20-21H,9-12,14-15H2,1H3,(H,28,33,34). The molecule has 0 saturated carbocycles. The first-order valence-electron chi connectivity index (χ1n) is 11.3. The van der Waals surface area contributed by atoms with E-state index in [0.717, 1.165) is 54.8 Å². The second-order valence-corrected chi connectivity index (χ2v) is 9.65. The predicted molar refractivity (Wildman–Crippen MR) is 132 cm³/mol. The van der Waals surface area contributed by atoms with Gasteiger partial charge in [-0.15, -0.1) is 0 Å². The zero-order valence-electron chi connectivity index (χ0n) is 18.8. The third-order valence-electron chi connectivity index (χ3n) is 6.59. The van der Waals surface area contributed by atoms with Gasteiger partial charge in [0.1, 0.15) is 0 Å². The van der Waals surface area contributed by atoms with Gasteiger partial charge in [0.25, 0.3) is 5.91 Å². The predicted octanol–water partition coefficient (Wildman–Crippen LogP) is 2.86. The van der Waals surface area contributed by atoms with Crippen molar-refractivity contribution in [2.45, 2.75) is 25.3 Å². The molecule has 0 spiro atoms. The molecule has 2 atom stereocenters. The number of amides is 3. The summed E-state index contributed by atoms with van der Waals surface area (Å²) in [6.07, 6.45) is -0.559. The lowest BCUT2D eigenvalue weighted by atomic mass is 10.1. The first-order chi connectivity index (χ1) is 16.4. The lowest BCUT2D eigenvalue weighted by Crippen LogP contribution is -2.64. The highest BCUT2D eigenvalue weighted by molar-refractivity contribution is 6.31. The van der Waals surface area contributed by atoms with Crippen LogP contribution in [0.25, 0.3) is 0 Å². The molecular weight excluding hydrogens is 475 g/mol. The van der Waals surface area contributed by atoms with Gasteiger partial charge in [-0.2, -0.15) is 0 Å². The number of benzene rings is 2. The third-order valence-corrected chi connectivity index (χ3v) is 7.19. The summed E-state index contributed by atoms with van der Waals surface area (Å²) in [7, 11) is 1.67. The first-order valence-corrected chi connectivity index (χ1v) is 12.0. The number of halogens is 2. The Bertz CT molecular complexity index is 1130. The number of nitrogens with zero attached hydrogens (tertiary/aromatic N) is 5. The summed E-state index contributed by atoms with van der Waals surface area (Å²) < 4.78 is 0. The van der Waals surface area contributed by atoms with Crippen molar-refractivity contribution in [2.75, 3.05) is 33.2 Å². The summed E-state index contributed by atoms with van der Waals surface area (Å²) in [5.74, 6) is 0.412. The fourth-order valence-corrected chi connectivity index (χ4v) is 5.16. The topological polar surface area (TPSA) is 71.5 Å². The Labute approximate surface area is 208 Å². The van der Waals surface area contributed by atoms with Gasteiger partial charge in [-0.25, -0.2) is 9.79 Å². The maximum Gasteiger partial charge on any atom is 0.325 e. The van der Waals surface area contributed by atoms with Gasteiger partial charge in [-0.1, -0.05) is 53.5 Å². The van der Waals surface area contributed by atoms with Gasteiger partial charge >= 0.3 is 6.03 Å². The quantitative estimate of drug-likeness (QED) is 0.698. The van der Waals surface area contributed by atoms with Crippen molar-refractivity contribution in [3.05, 3.63) is 69.7 Å². The van der Waals surface area contributed by atoms with Crippen LogP contribution < -0.4 is 5.32 Å². The normalized spacial score (nSPS) is 23.1. The van der Waals surface area contributed by atoms with Crippen LogP contribution in [-0.2, 0) is 17.9 Å².